The van der Waals surface area contributed by atoms with Crippen molar-refractivity contribution < 1.29 is 14.3 Å². The number of thiazole rings is 1. The first-order chi connectivity index (χ1) is 12.3. The summed E-state index contributed by atoms with van der Waals surface area (Å²) in [5, 5.41) is 10.2. The fourth-order valence-electron chi connectivity index (χ4n) is 1.66. The van der Waals surface area contributed by atoms with E-state index in [1.54, 1.807) is 6.92 Å². The number of hydrogen-bond donors (Lipinski definition) is 2. The highest BCUT2D eigenvalue weighted by atomic mass is 32.2. The first-order valence-corrected chi connectivity index (χ1v) is 9.35. The number of hydrogen-bond acceptors (Lipinski definition) is 10. The van der Waals surface area contributed by atoms with Gasteiger partial charge in [-0.1, -0.05) is 36.9 Å². The summed E-state index contributed by atoms with van der Waals surface area (Å²) in [6.07, 6.45) is 0.975. The number of nitrogens with one attached hydrogen (secondary N) is 1. The summed E-state index contributed by atoms with van der Waals surface area (Å²) < 4.78 is 5.98. The number of aromatic nitrogens is 4. The van der Waals surface area contributed by atoms with Gasteiger partial charge in [0.25, 0.3) is 5.56 Å². The molecule has 26 heavy (non-hydrogen) atoms. The van der Waals surface area contributed by atoms with Gasteiger partial charge in [-0.25, -0.2) is 9.78 Å². The fourth-order valence-corrected chi connectivity index (χ4v) is 3.21. The number of anilines is 1. The Morgan fingerprint density at radius 3 is 2.88 bits per heavy atom. The Kier molecular flexibility index (Phi) is 6.69. The van der Waals surface area contributed by atoms with Crippen LogP contribution < -0.4 is 16.7 Å². The molecule has 2 aromatic heterocycles. The predicted octanol–water partition coefficient (Wildman–Crippen LogP) is 0.661. The van der Waals surface area contributed by atoms with Crippen molar-refractivity contribution >= 4 is 40.1 Å². The van der Waals surface area contributed by atoms with Gasteiger partial charge >= 0.3 is 5.97 Å². The molecular weight excluding hydrogens is 380 g/mol. The lowest BCUT2D eigenvalue weighted by atomic mass is 10.2. The van der Waals surface area contributed by atoms with Gasteiger partial charge in [0, 0.05) is 0 Å². The zero-order valence-electron chi connectivity index (χ0n) is 14.4. The van der Waals surface area contributed by atoms with E-state index in [-0.39, 0.29) is 27.9 Å². The second-order valence-electron chi connectivity index (χ2n) is 5.60. The number of nitrogen functional groups attached to an aromatic ring is 1. The number of rotatable bonds is 7. The number of carbonyl (C=O) groups excluding carboxylic acids is 2. The maximum atomic E-state index is 12.0. The average molecular weight is 398 g/mol. The van der Waals surface area contributed by atoms with Crippen LogP contribution in [0.1, 0.15) is 29.2 Å². The zero-order chi connectivity index (χ0) is 19.3. The van der Waals surface area contributed by atoms with Crippen molar-refractivity contribution in [3.8, 4) is 0 Å². The Bertz CT molecular complexity index is 863. The third kappa shape index (κ3) is 5.26. The number of thioether (sulfide) groups is 1. The van der Waals surface area contributed by atoms with Gasteiger partial charge in [0.05, 0.1) is 18.1 Å². The number of amides is 1. The second kappa shape index (κ2) is 8.76. The summed E-state index contributed by atoms with van der Waals surface area (Å²) in [5.41, 5.74) is -0.0422. The number of carbonyl (C=O) groups is 2. The predicted molar refractivity (Wildman–Crippen MR) is 97.8 cm³/mol. The molecule has 12 heteroatoms. The summed E-state index contributed by atoms with van der Waals surface area (Å²) in [6, 6.07) is 0. The fraction of sp³-hybridized carbons (Fsp3) is 0.429. The van der Waals surface area contributed by atoms with Crippen LogP contribution in [0.25, 0.3) is 0 Å². The highest BCUT2D eigenvalue weighted by Gasteiger charge is 2.18. The molecule has 0 fully saturated rings. The molecule has 0 saturated carbocycles. The largest absolute Gasteiger partial charge is 0.461 e. The summed E-state index contributed by atoms with van der Waals surface area (Å²) in [6.45, 7) is 5.86. The summed E-state index contributed by atoms with van der Waals surface area (Å²) in [5.74, 6) is 4.84. The first kappa shape index (κ1) is 19.8. The molecular formula is C14H18N6O4S2. The minimum atomic E-state index is -0.525. The Morgan fingerprint density at radius 2 is 2.19 bits per heavy atom. The van der Waals surface area contributed by atoms with E-state index in [1.807, 2.05) is 13.8 Å². The van der Waals surface area contributed by atoms with Crippen LogP contribution in [0.15, 0.2) is 16.1 Å². The molecule has 140 valence electrons. The smallest absolute Gasteiger partial charge is 0.350 e. The lowest BCUT2D eigenvalue weighted by Gasteiger charge is -2.05. The molecule has 0 atom stereocenters. The Morgan fingerprint density at radius 1 is 1.46 bits per heavy atom. The zero-order valence-corrected chi connectivity index (χ0v) is 16.0. The third-order valence-electron chi connectivity index (χ3n) is 2.86. The van der Waals surface area contributed by atoms with Gasteiger partial charge in [-0.15, -0.1) is 5.10 Å². The molecule has 2 aromatic rings. The number of nitrogens with two attached hydrogens (primary N) is 1. The van der Waals surface area contributed by atoms with Gasteiger partial charge in [0.2, 0.25) is 11.1 Å². The van der Waals surface area contributed by atoms with Crippen molar-refractivity contribution in [2.75, 3.05) is 23.5 Å². The number of aryl methyl sites for hydroxylation is 1. The van der Waals surface area contributed by atoms with Crippen LogP contribution in [0.2, 0.25) is 0 Å². The third-order valence-corrected chi connectivity index (χ3v) is 4.86. The van der Waals surface area contributed by atoms with Crippen LogP contribution in [0.5, 0.6) is 0 Å². The van der Waals surface area contributed by atoms with Crippen molar-refractivity contribution in [3.05, 3.63) is 27.1 Å². The van der Waals surface area contributed by atoms with Gasteiger partial charge in [-0.3, -0.25) is 9.59 Å². The standard InChI is InChI=1S/C14H18N6O4S2/c1-7(2)5-24-12(23)11-8(3)17-13(26-11)18-9(21)6-25-14-19-16-4-10(22)20(14)15/h4,7H,5-6,15H2,1-3H3,(H,17,18,21). The monoisotopic (exact) mass is 398 g/mol. The molecule has 0 radical (unpaired) electrons. The van der Waals surface area contributed by atoms with E-state index in [4.69, 9.17) is 10.6 Å². The Balaban J connectivity index is 1.95. The van der Waals surface area contributed by atoms with Crippen LogP contribution in [-0.4, -0.2) is 44.1 Å². The van der Waals surface area contributed by atoms with E-state index in [2.05, 4.69) is 20.5 Å². The maximum Gasteiger partial charge on any atom is 0.350 e. The van der Waals surface area contributed by atoms with Gasteiger partial charge in [-0.05, 0) is 12.8 Å². The van der Waals surface area contributed by atoms with Crippen molar-refractivity contribution in [1.82, 2.24) is 19.9 Å². The highest BCUT2D eigenvalue weighted by Crippen LogP contribution is 2.24. The molecule has 0 unspecified atom stereocenters. The number of esters is 1. The van der Waals surface area contributed by atoms with Crippen LogP contribution in [0, 0.1) is 12.8 Å². The van der Waals surface area contributed by atoms with Crippen LogP contribution in [0.3, 0.4) is 0 Å². The molecule has 0 saturated heterocycles. The molecule has 0 aliphatic rings. The van der Waals surface area contributed by atoms with E-state index in [0.717, 1.165) is 34.0 Å². The van der Waals surface area contributed by atoms with Crippen molar-refractivity contribution in [2.24, 2.45) is 5.92 Å². The van der Waals surface area contributed by atoms with Gasteiger partial charge < -0.3 is 15.9 Å². The van der Waals surface area contributed by atoms with E-state index in [9.17, 15) is 14.4 Å². The van der Waals surface area contributed by atoms with Crippen LogP contribution in [0.4, 0.5) is 5.13 Å². The SMILES string of the molecule is Cc1nc(NC(=O)CSc2nncc(=O)n2N)sc1C(=O)OCC(C)C. The Hall–Kier alpha value is -2.47. The minimum Gasteiger partial charge on any atom is -0.461 e. The van der Waals surface area contributed by atoms with E-state index in [1.165, 1.54) is 0 Å². The topological polar surface area (TPSA) is 142 Å². The minimum absolute atomic E-state index is 0.0545. The summed E-state index contributed by atoms with van der Waals surface area (Å²) >= 11 is 1.99. The van der Waals surface area contributed by atoms with E-state index < -0.39 is 11.5 Å². The van der Waals surface area contributed by atoms with Crippen LogP contribution >= 0.6 is 23.1 Å². The molecule has 0 spiro atoms. The molecule has 3 N–H and O–H groups in total. The summed E-state index contributed by atoms with van der Waals surface area (Å²) in [4.78, 5) is 39.9. The highest BCUT2D eigenvalue weighted by molar-refractivity contribution is 7.99. The average Bonchev–Trinajstić information content (AvgIpc) is 2.94. The van der Waals surface area contributed by atoms with Crippen molar-refractivity contribution in [2.45, 2.75) is 25.9 Å². The lowest BCUT2D eigenvalue weighted by Crippen LogP contribution is -2.30. The van der Waals surface area contributed by atoms with Gasteiger partial charge in [0.15, 0.2) is 5.13 Å². The quantitative estimate of drug-likeness (QED) is 0.390. The second-order valence-corrected chi connectivity index (χ2v) is 7.54. The Labute approximate surface area is 157 Å². The molecule has 1 amide bonds. The van der Waals surface area contributed by atoms with E-state index in [0.29, 0.717) is 17.2 Å². The number of nitrogens with zero attached hydrogens (tertiary/aromatic N) is 4. The van der Waals surface area contributed by atoms with E-state index >= 15 is 0 Å². The molecule has 0 bridgehead atoms. The lowest BCUT2D eigenvalue weighted by molar-refractivity contribution is -0.113. The molecule has 0 aromatic carbocycles. The molecule has 10 nitrogen and oxygen atoms in total. The maximum absolute atomic E-state index is 12.0. The number of ether oxygens (including phenoxy) is 1. The summed E-state index contributed by atoms with van der Waals surface area (Å²) in [7, 11) is 0. The first-order valence-electron chi connectivity index (χ1n) is 7.55. The molecule has 0 aliphatic heterocycles. The van der Waals surface area contributed by atoms with Crippen LogP contribution in [-0.2, 0) is 9.53 Å². The molecule has 2 rings (SSSR count). The van der Waals surface area contributed by atoms with Crippen molar-refractivity contribution in [3.63, 3.8) is 0 Å². The van der Waals surface area contributed by atoms with Crippen molar-refractivity contribution in [1.29, 1.82) is 0 Å². The van der Waals surface area contributed by atoms with Gasteiger partial charge in [-0.2, -0.15) is 9.77 Å². The normalized spacial score (nSPS) is 10.8. The molecule has 0 aliphatic carbocycles. The molecule has 2 heterocycles. The van der Waals surface area contributed by atoms with Gasteiger partial charge in [0.1, 0.15) is 11.1 Å².